The molecule has 0 atom stereocenters. The minimum absolute atomic E-state index is 0.0479. The highest BCUT2D eigenvalue weighted by Crippen LogP contribution is 2.23. The molecule has 0 aliphatic heterocycles. The Hall–Kier alpha value is -2.18. The van der Waals surface area contributed by atoms with Crippen LogP contribution in [0.15, 0.2) is 34.9 Å². The Morgan fingerprint density at radius 1 is 1.30 bits per heavy atom. The number of nitrogens with zero attached hydrogens (tertiary/aromatic N) is 2. The van der Waals surface area contributed by atoms with Gasteiger partial charge in [0.2, 0.25) is 0 Å². The van der Waals surface area contributed by atoms with Crippen LogP contribution in [-0.2, 0) is 11.3 Å². The van der Waals surface area contributed by atoms with Crippen LogP contribution in [0.25, 0.3) is 11.3 Å². The molecule has 118 valence electrons. The van der Waals surface area contributed by atoms with Crippen LogP contribution >= 0.6 is 22.9 Å². The van der Waals surface area contributed by atoms with Crippen molar-refractivity contribution in [2.24, 2.45) is 0 Å². The van der Waals surface area contributed by atoms with Crippen molar-refractivity contribution in [2.75, 3.05) is 0 Å². The normalized spacial score (nSPS) is 10.7. The molecular weight excluding hydrogens is 336 g/mol. The summed E-state index contributed by atoms with van der Waals surface area (Å²) in [5.41, 5.74) is 2.08. The van der Waals surface area contributed by atoms with Gasteiger partial charge in [0.25, 0.3) is 0 Å². The van der Waals surface area contributed by atoms with Crippen molar-refractivity contribution in [1.82, 2.24) is 10.1 Å². The lowest BCUT2D eigenvalue weighted by atomic mass is 10.2. The minimum atomic E-state index is -0.399. The number of rotatable bonds is 4. The number of ether oxygens (including phenoxy) is 1. The van der Waals surface area contributed by atoms with Crippen LogP contribution in [0.2, 0.25) is 5.02 Å². The first-order valence-corrected chi connectivity index (χ1v) is 8.05. The van der Waals surface area contributed by atoms with Gasteiger partial charge in [-0.3, -0.25) is 0 Å². The lowest BCUT2D eigenvalue weighted by Crippen LogP contribution is -2.05. The molecule has 2 aromatic heterocycles. The van der Waals surface area contributed by atoms with Crippen molar-refractivity contribution in [2.45, 2.75) is 20.5 Å². The average molecular weight is 349 g/mol. The van der Waals surface area contributed by atoms with Crippen LogP contribution in [0.4, 0.5) is 0 Å². The van der Waals surface area contributed by atoms with Gasteiger partial charge in [-0.05, 0) is 38.1 Å². The van der Waals surface area contributed by atoms with E-state index >= 15 is 0 Å². The quantitative estimate of drug-likeness (QED) is 0.653. The number of carbonyl (C=O) groups excluding carboxylic acids is 1. The van der Waals surface area contributed by atoms with Gasteiger partial charge < -0.3 is 9.26 Å². The van der Waals surface area contributed by atoms with Gasteiger partial charge >= 0.3 is 5.97 Å². The fourth-order valence-corrected chi connectivity index (χ4v) is 3.00. The molecule has 0 fully saturated rings. The third-order valence-electron chi connectivity index (χ3n) is 3.13. The molecule has 0 unspecified atom stereocenters. The minimum Gasteiger partial charge on any atom is -0.455 e. The maximum atomic E-state index is 12.0. The number of benzene rings is 1. The number of carbonyl (C=O) groups is 1. The van der Waals surface area contributed by atoms with Gasteiger partial charge in [0.1, 0.15) is 17.2 Å². The van der Waals surface area contributed by atoms with E-state index in [4.69, 9.17) is 20.9 Å². The van der Waals surface area contributed by atoms with Gasteiger partial charge in [0, 0.05) is 16.7 Å². The first kappa shape index (κ1) is 15.7. The van der Waals surface area contributed by atoms with E-state index in [0.717, 1.165) is 10.6 Å². The first-order valence-electron chi connectivity index (χ1n) is 6.85. The molecule has 23 heavy (non-hydrogen) atoms. The van der Waals surface area contributed by atoms with Crippen LogP contribution in [-0.4, -0.2) is 16.1 Å². The molecule has 3 rings (SSSR count). The molecule has 0 N–H and O–H groups in total. The summed E-state index contributed by atoms with van der Waals surface area (Å²) in [6.07, 6.45) is 0. The number of hydrogen-bond acceptors (Lipinski definition) is 6. The van der Waals surface area contributed by atoms with Gasteiger partial charge in [-0.1, -0.05) is 16.8 Å². The van der Waals surface area contributed by atoms with E-state index in [-0.39, 0.29) is 6.61 Å². The molecule has 0 aliphatic rings. The zero-order valence-electron chi connectivity index (χ0n) is 12.5. The predicted octanol–water partition coefficient (Wildman–Crippen LogP) is 4.43. The lowest BCUT2D eigenvalue weighted by Gasteiger charge is -2.00. The number of aryl methyl sites for hydroxylation is 2. The summed E-state index contributed by atoms with van der Waals surface area (Å²) in [5.74, 6) is 0.196. The van der Waals surface area contributed by atoms with E-state index in [1.165, 1.54) is 11.3 Å². The van der Waals surface area contributed by atoms with Gasteiger partial charge in [-0.25, -0.2) is 9.78 Å². The monoisotopic (exact) mass is 348 g/mol. The number of hydrogen-bond donors (Lipinski definition) is 0. The average Bonchev–Trinajstić information content (AvgIpc) is 3.12. The third kappa shape index (κ3) is 3.60. The number of esters is 1. The van der Waals surface area contributed by atoms with E-state index in [1.807, 2.05) is 19.1 Å². The summed E-state index contributed by atoms with van der Waals surface area (Å²) in [4.78, 5) is 16.8. The SMILES string of the molecule is Cc1nc(C)c(C(=O)OCc2cc(-c3ccc(Cl)cc3)on2)s1. The molecule has 0 amide bonds. The second-order valence-corrected chi connectivity index (χ2v) is 6.55. The van der Waals surface area contributed by atoms with Gasteiger partial charge in [0.15, 0.2) is 5.76 Å². The van der Waals surface area contributed by atoms with Crippen LogP contribution in [0.3, 0.4) is 0 Å². The number of thiazole rings is 1. The van der Waals surface area contributed by atoms with E-state index in [0.29, 0.717) is 27.0 Å². The molecule has 5 nitrogen and oxygen atoms in total. The summed E-state index contributed by atoms with van der Waals surface area (Å²) in [5, 5.41) is 5.40. The number of halogens is 1. The topological polar surface area (TPSA) is 65.2 Å². The Balaban J connectivity index is 1.66. The molecule has 0 aliphatic carbocycles. The summed E-state index contributed by atoms with van der Waals surface area (Å²) in [7, 11) is 0. The van der Waals surface area contributed by atoms with Crippen LogP contribution in [0, 0.1) is 13.8 Å². The van der Waals surface area contributed by atoms with E-state index in [9.17, 15) is 4.79 Å². The summed E-state index contributed by atoms with van der Waals surface area (Å²) in [6, 6.07) is 8.95. The molecule has 0 bridgehead atoms. The Bertz CT molecular complexity index is 839. The summed E-state index contributed by atoms with van der Waals surface area (Å²) in [6.45, 7) is 3.69. The van der Waals surface area contributed by atoms with Gasteiger partial charge in [-0.2, -0.15) is 0 Å². The van der Waals surface area contributed by atoms with Crippen molar-refractivity contribution >= 4 is 28.9 Å². The highest BCUT2D eigenvalue weighted by atomic mass is 35.5. The van der Waals surface area contributed by atoms with Crippen molar-refractivity contribution in [1.29, 1.82) is 0 Å². The van der Waals surface area contributed by atoms with Gasteiger partial charge in [0.05, 0.1) is 10.7 Å². The number of aromatic nitrogens is 2. The summed E-state index contributed by atoms with van der Waals surface area (Å²) < 4.78 is 10.5. The Morgan fingerprint density at radius 3 is 2.70 bits per heavy atom. The van der Waals surface area contributed by atoms with Crippen LogP contribution < -0.4 is 0 Å². The zero-order valence-corrected chi connectivity index (χ0v) is 14.1. The molecule has 0 radical (unpaired) electrons. The molecule has 7 heteroatoms. The highest BCUT2D eigenvalue weighted by Gasteiger charge is 2.16. The maximum absolute atomic E-state index is 12.0. The van der Waals surface area contributed by atoms with Crippen LogP contribution in [0.5, 0.6) is 0 Å². The lowest BCUT2D eigenvalue weighted by molar-refractivity contribution is 0.0469. The predicted molar refractivity (Wildman–Crippen MR) is 87.7 cm³/mol. The Labute approximate surface area is 141 Å². The molecule has 0 saturated carbocycles. The standard InChI is InChI=1S/C16H13ClN2O3S/c1-9-15(23-10(2)18-9)16(20)21-8-13-7-14(22-19-13)11-3-5-12(17)6-4-11/h3-7H,8H2,1-2H3. The molecule has 2 heterocycles. The highest BCUT2D eigenvalue weighted by molar-refractivity contribution is 7.13. The van der Waals surface area contributed by atoms with Crippen LogP contribution in [0.1, 0.15) is 26.1 Å². The fraction of sp³-hybridized carbons (Fsp3) is 0.188. The van der Waals surface area contributed by atoms with Crippen molar-refractivity contribution < 1.29 is 14.1 Å². The molecular formula is C16H13ClN2O3S. The van der Waals surface area contributed by atoms with Crippen molar-refractivity contribution in [3.63, 3.8) is 0 Å². The van der Waals surface area contributed by atoms with Gasteiger partial charge in [-0.15, -0.1) is 11.3 Å². The second-order valence-electron chi connectivity index (χ2n) is 4.91. The molecule has 3 aromatic rings. The zero-order chi connectivity index (χ0) is 16.4. The van der Waals surface area contributed by atoms with E-state index in [2.05, 4.69) is 10.1 Å². The Kier molecular flexibility index (Phi) is 4.45. The fourth-order valence-electron chi connectivity index (χ4n) is 2.06. The third-order valence-corrected chi connectivity index (χ3v) is 4.43. The molecule has 1 aromatic carbocycles. The second kappa shape index (κ2) is 6.52. The van der Waals surface area contributed by atoms with E-state index in [1.54, 1.807) is 25.1 Å². The smallest absolute Gasteiger partial charge is 0.350 e. The molecule has 0 saturated heterocycles. The summed E-state index contributed by atoms with van der Waals surface area (Å²) >= 11 is 7.17. The molecule has 0 spiro atoms. The Morgan fingerprint density at radius 2 is 2.04 bits per heavy atom. The van der Waals surface area contributed by atoms with Crippen molar-refractivity contribution in [3.8, 4) is 11.3 Å². The first-order chi connectivity index (χ1) is 11.0. The van der Waals surface area contributed by atoms with E-state index < -0.39 is 5.97 Å². The maximum Gasteiger partial charge on any atom is 0.350 e. The van der Waals surface area contributed by atoms with Crippen molar-refractivity contribution in [3.05, 3.63) is 56.6 Å². The largest absolute Gasteiger partial charge is 0.455 e.